The van der Waals surface area contributed by atoms with Gasteiger partial charge in [-0.05, 0) is 19.8 Å². The van der Waals surface area contributed by atoms with E-state index in [1.54, 1.807) is 6.92 Å². The minimum absolute atomic E-state index is 0.581. The summed E-state index contributed by atoms with van der Waals surface area (Å²) in [6, 6.07) is 0. The van der Waals surface area contributed by atoms with Gasteiger partial charge < -0.3 is 10.2 Å². The summed E-state index contributed by atoms with van der Waals surface area (Å²) in [6.45, 7) is 5.37. The molecular weight excluding hydrogens is 116 g/mol. The molecule has 0 amide bonds. The number of hydrogen-bond acceptors (Lipinski definition) is 2. The van der Waals surface area contributed by atoms with Crippen molar-refractivity contribution < 1.29 is 10.2 Å². The monoisotopic (exact) mass is 132 g/mol. The molecule has 0 aromatic heterocycles. The number of rotatable bonds is 3. The van der Waals surface area contributed by atoms with Crippen LogP contribution in [0.1, 0.15) is 33.6 Å². The predicted molar refractivity (Wildman–Crippen MR) is 37.2 cm³/mol. The highest BCUT2D eigenvalue weighted by molar-refractivity contribution is 4.78. The Morgan fingerprint density at radius 1 is 1.44 bits per heavy atom. The Labute approximate surface area is 56.5 Å². The van der Waals surface area contributed by atoms with Gasteiger partial charge in [-0.1, -0.05) is 13.8 Å². The minimum Gasteiger partial charge on any atom is -0.390 e. The molecule has 0 heterocycles. The molecule has 0 aliphatic heterocycles. The van der Waals surface area contributed by atoms with Gasteiger partial charge in [0, 0.05) is 0 Å². The molecule has 2 heteroatoms. The van der Waals surface area contributed by atoms with Crippen molar-refractivity contribution in [2.75, 3.05) is 0 Å². The lowest BCUT2D eigenvalue weighted by Gasteiger charge is -2.26. The van der Waals surface area contributed by atoms with Crippen molar-refractivity contribution in [3.8, 4) is 0 Å². The molecule has 2 unspecified atom stereocenters. The lowest BCUT2D eigenvalue weighted by Crippen LogP contribution is -2.37. The highest BCUT2D eigenvalue weighted by atomic mass is 16.3. The van der Waals surface area contributed by atoms with Gasteiger partial charge >= 0.3 is 0 Å². The van der Waals surface area contributed by atoms with Gasteiger partial charge in [0.05, 0.1) is 11.7 Å². The second kappa shape index (κ2) is 3.18. The molecule has 0 spiro atoms. The standard InChI is InChI=1S/C7H16O2/c1-4-6(8)7(3,9)5-2/h6,8-9H,4-5H2,1-3H3. The summed E-state index contributed by atoms with van der Waals surface area (Å²) < 4.78 is 0. The van der Waals surface area contributed by atoms with E-state index in [-0.39, 0.29) is 0 Å². The van der Waals surface area contributed by atoms with Crippen LogP contribution in [0, 0.1) is 0 Å². The van der Waals surface area contributed by atoms with Gasteiger partial charge in [0.2, 0.25) is 0 Å². The Morgan fingerprint density at radius 3 is 2.00 bits per heavy atom. The average molecular weight is 132 g/mol. The molecule has 0 aromatic rings. The third-order valence-corrected chi connectivity index (χ3v) is 1.82. The second-order valence-corrected chi connectivity index (χ2v) is 2.63. The first-order valence-corrected chi connectivity index (χ1v) is 3.45. The van der Waals surface area contributed by atoms with E-state index in [1.165, 1.54) is 0 Å². The topological polar surface area (TPSA) is 40.5 Å². The molecular formula is C7H16O2. The van der Waals surface area contributed by atoms with E-state index in [9.17, 15) is 5.11 Å². The van der Waals surface area contributed by atoms with Crippen molar-refractivity contribution in [3.05, 3.63) is 0 Å². The van der Waals surface area contributed by atoms with Crippen LogP contribution >= 0.6 is 0 Å². The molecule has 0 aliphatic carbocycles. The lowest BCUT2D eigenvalue weighted by molar-refractivity contribution is -0.0647. The summed E-state index contributed by atoms with van der Waals surface area (Å²) in [5.74, 6) is 0. The number of hydrogen-bond donors (Lipinski definition) is 2. The normalized spacial score (nSPS) is 21.0. The summed E-state index contributed by atoms with van der Waals surface area (Å²) in [5, 5.41) is 18.5. The molecule has 9 heavy (non-hydrogen) atoms. The molecule has 56 valence electrons. The van der Waals surface area contributed by atoms with E-state index in [0.717, 1.165) is 0 Å². The van der Waals surface area contributed by atoms with Gasteiger partial charge in [-0.3, -0.25) is 0 Å². The van der Waals surface area contributed by atoms with E-state index in [2.05, 4.69) is 0 Å². The van der Waals surface area contributed by atoms with E-state index in [0.29, 0.717) is 12.8 Å². The average Bonchev–Trinajstić information content (AvgIpc) is 1.86. The van der Waals surface area contributed by atoms with Crippen molar-refractivity contribution >= 4 is 0 Å². The zero-order valence-corrected chi connectivity index (χ0v) is 6.39. The maximum absolute atomic E-state index is 9.34. The van der Waals surface area contributed by atoms with Gasteiger partial charge in [0.15, 0.2) is 0 Å². The number of aliphatic hydroxyl groups excluding tert-OH is 1. The van der Waals surface area contributed by atoms with Gasteiger partial charge in [-0.15, -0.1) is 0 Å². The molecule has 0 rings (SSSR count). The van der Waals surface area contributed by atoms with Crippen LogP contribution in [0.4, 0.5) is 0 Å². The Morgan fingerprint density at radius 2 is 1.89 bits per heavy atom. The molecule has 0 saturated carbocycles. The third kappa shape index (κ3) is 2.33. The largest absolute Gasteiger partial charge is 0.390 e. The van der Waals surface area contributed by atoms with Crippen LogP contribution in [-0.4, -0.2) is 21.9 Å². The quantitative estimate of drug-likeness (QED) is 0.599. The highest BCUT2D eigenvalue weighted by Gasteiger charge is 2.25. The SMILES string of the molecule is CCC(O)C(C)(O)CC. The number of aliphatic hydroxyl groups is 2. The van der Waals surface area contributed by atoms with Crippen LogP contribution in [0.3, 0.4) is 0 Å². The second-order valence-electron chi connectivity index (χ2n) is 2.63. The molecule has 0 fully saturated rings. The van der Waals surface area contributed by atoms with Crippen molar-refractivity contribution in [1.82, 2.24) is 0 Å². The fourth-order valence-electron chi connectivity index (χ4n) is 0.675. The van der Waals surface area contributed by atoms with Crippen LogP contribution in [0.25, 0.3) is 0 Å². The Hall–Kier alpha value is -0.0800. The van der Waals surface area contributed by atoms with E-state index >= 15 is 0 Å². The van der Waals surface area contributed by atoms with E-state index in [4.69, 9.17) is 5.11 Å². The maximum Gasteiger partial charge on any atom is 0.0874 e. The smallest absolute Gasteiger partial charge is 0.0874 e. The highest BCUT2D eigenvalue weighted by Crippen LogP contribution is 2.15. The first-order chi connectivity index (χ1) is 4.04. The fourth-order valence-corrected chi connectivity index (χ4v) is 0.675. The van der Waals surface area contributed by atoms with Crippen molar-refractivity contribution in [2.45, 2.75) is 45.3 Å². The van der Waals surface area contributed by atoms with E-state index in [1.807, 2.05) is 13.8 Å². The molecule has 0 aliphatic rings. The lowest BCUT2D eigenvalue weighted by atomic mass is 9.94. The molecule has 0 radical (unpaired) electrons. The summed E-state index contributed by atoms with van der Waals surface area (Å²) in [4.78, 5) is 0. The van der Waals surface area contributed by atoms with Gasteiger partial charge in [0.1, 0.15) is 0 Å². The Bertz CT molecular complexity index is 79.0. The molecule has 0 aromatic carbocycles. The van der Waals surface area contributed by atoms with Crippen molar-refractivity contribution in [3.63, 3.8) is 0 Å². The van der Waals surface area contributed by atoms with Gasteiger partial charge in [-0.2, -0.15) is 0 Å². The zero-order valence-electron chi connectivity index (χ0n) is 6.39. The Balaban J connectivity index is 3.80. The van der Waals surface area contributed by atoms with Crippen LogP contribution in [0.5, 0.6) is 0 Å². The van der Waals surface area contributed by atoms with Crippen LogP contribution in [0.2, 0.25) is 0 Å². The fraction of sp³-hybridized carbons (Fsp3) is 1.00. The molecule has 0 bridgehead atoms. The van der Waals surface area contributed by atoms with Crippen molar-refractivity contribution in [2.24, 2.45) is 0 Å². The first kappa shape index (κ1) is 8.92. The zero-order chi connectivity index (χ0) is 7.49. The van der Waals surface area contributed by atoms with Crippen LogP contribution < -0.4 is 0 Å². The minimum atomic E-state index is -0.894. The van der Waals surface area contributed by atoms with E-state index < -0.39 is 11.7 Å². The van der Waals surface area contributed by atoms with Crippen molar-refractivity contribution in [1.29, 1.82) is 0 Å². The third-order valence-electron chi connectivity index (χ3n) is 1.82. The first-order valence-electron chi connectivity index (χ1n) is 3.45. The molecule has 2 atom stereocenters. The summed E-state index contributed by atoms with van der Waals surface area (Å²) >= 11 is 0. The van der Waals surface area contributed by atoms with Crippen LogP contribution in [0.15, 0.2) is 0 Å². The molecule has 2 N–H and O–H groups in total. The maximum atomic E-state index is 9.34. The summed E-state index contributed by atoms with van der Waals surface area (Å²) in [7, 11) is 0. The van der Waals surface area contributed by atoms with Gasteiger partial charge in [0.25, 0.3) is 0 Å². The van der Waals surface area contributed by atoms with Gasteiger partial charge in [-0.25, -0.2) is 0 Å². The molecule has 0 saturated heterocycles. The summed E-state index contributed by atoms with van der Waals surface area (Å²) in [5.41, 5.74) is -0.894. The summed E-state index contributed by atoms with van der Waals surface area (Å²) in [6.07, 6.45) is 0.630. The van der Waals surface area contributed by atoms with Crippen LogP contribution in [-0.2, 0) is 0 Å². The molecule has 2 nitrogen and oxygen atoms in total. The predicted octanol–water partition coefficient (Wildman–Crippen LogP) is 0.918. The Kier molecular flexibility index (Phi) is 3.15.